The first-order valence-corrected chi connectivity index (χ1v) is 7.54. The van der Waals surface area contributed by atoms with Crippen molar-refractivity contribution in [3.63, 3.8) is 0 Å². The van der Waals surface area contributed by atoms with E-state index in [1.807, 2.05) is 32.0 Å². The van der Waals surface area contributed by atoms with Gasteiger partial charge in [-0.2, -0.15) is 0 Å². The summed E-state index contributed by atoms with van der Waals surface area (Å²) >= 11 is 0. The molecule has 0 aromatic heterocycles. The quantitative estimate of drug-likeness (QED) is 0.511. The van der Waals surface area contributed by atoms with E-state index >= 15 is 0 Å². The molecule has 4 amide bonds. The van der Waals surface area contributed by atoms with Gasteiger partial charge >= 0.3 is 6.03 Å². The zero-order chi connectivity index (χ0) is 16.8. The third-order valence-corrected chi connectivity index (χ3v) is 3.53. The maximum absolute atomic E-state index is 11.7. The zero-order valence-corrected chi connectivity index (χ0v) is 13.3. The number of nitrogens with one attached hydrogen (secondary N) is 3. The van der Waals surface area contributed by atoms with Gasteiger partial charge in [0.1, 0.15) is 18.4 Å². The number of benzene rings is 1. The molecule has 1 aliphatic rings. The molecule has 0 saturated carbocycles. The number of carbonyl (C=O) groups excluding carboxylic acids is 3. The highest BCUT2D eigenvalue weighted by Gasteiger charge is 2.29. The summed E-state index contributed by atoms with van der Waals surface area (Å²) in [5, 5.41) is 7.31. The Morgan fingerprint density at radius 2 is 2.09 bits per heavy atom. The normalized spacial score (nSPS) is 16.7. The molecule has 1 aromatic rings. The van der Waals surface area contributed by atoms with E-state index < -0.39 is 12.1 Å². The summed E-state index contributed by atoms with van der Waals surface area (Å²) in [7, 11) is 0. The van der Waals surface area contributed by atoms with Crippen molar-refractivity contribution in [3.05, 3.63) is 29.3 Å². The van der Waals surface area contributed by atoms with Crippen molar-refractivity contribution in [2.24, 2.45) is 0 Å². The number of hydrogen-bond donors (Lipinski definition) is 3. The van der Waals surface area contributed by atoms with Crippen LogP contribution in [0.25, 0.3) is 0 Å². The molecule has 0 spiro atoms. The number of urea groups is 1. The lowest BCUT2D eigenvalue weighted by molar-refractivity contribution is -0.122. The fourth-order valence-electron chi connectivity index (χ4n) is 2.34. The lowest BCUT2D eigenvalue weighted by Gasteiger charge is -2.11. The van der Waals surface area contributed by atoms with E-state index in [2.05, 4.69) is 16.0 Å². The Morgan fingerprint density at radius 3 is 2.74 bits per heavy atom. The minimum atomic E-state index is -0.625. The smallest absolute Gasteiger partial charge is 0.322 e. The summed E-state index contributed by atoms with van der Waals surface area (Å²) in [4.78, 5) is 34.0. The molecule has 1 saturated heterocycles. The van der Waals surface area contributed by atoms with Crippen molar-refractivity contribution in [2.75, 3.05) is 13.2 Å². The summed E-state index contributed by atoms with van der Waals surface area (Å²) in [6.07, 6.45) is 0.448. The Kier molecular flexibility index (Phi) is 5.56. The monoisotopic (exact) mass is 319 g/mol. The Labute approximate surface area is 134 Å². The van der Waals surface area contributed by atoms with Crippen LogP contribution >= 0.6 is 0 Å². The van der Waals surface area contributed by atoms with E-state index in [4.69, 9.17) is 4.74 Å². The van der Waals surface area contributed by atoms with Crippen LogP contribution in [0.2, 0.25) is 0 Å². The van der Waals surface area contributed by atoms with Crippen LogP contribution in [0.1, 0.15) is 24.0 Å². The molecule has 3 N–H and O–H groups in total. The van der Waals surface area contributed by atoms with Crippen LogP contribution < -0.4 is 20.7 Å². The highest BCUT2D eigenvalue weighted by molar-refractivity contribution is 6.04. The second kappa shape index (κ2) is 7.62. The van der Waals surface area contributed by atoms with Crippen molar-refractivity contribution < 1.29 is 19.1 Å². The third-order valence-electron chi connectivity index (χ3n) is 3.53. The first-order valence-electron chi connectivity index (χ1n) is 7.54. The largest absolute Gasteiger partial charge is 0.491 e. The predicted molar refractivity (Wildman–Crippen MR) is 84.1 cm³/mol. The maximum atomic E-state index is 11.7. The Morgan fingerprint density at radius 1 is 1.30 bits per heavy atom. The van der Waals surface area contributed by atoms with Gasteiger partial charge in [-0.05, 0) is 31.9 Å². The first-order chi connectivity index (χ1) is 11.0. The Bertz CT molecular complexity index is 615. The van der Waals surface area contributed by atoms with Gasteiger partial charge in [0.15, 0.2) is 0 Å². The molecule has 1 atom stereocenters. The van der Waals surface area contributed by atoms with E-state index in [1.165, 1.54) is 5.56 Å². The standard InChI is InChI=1S/C16H21N3O4/c1-10-3-5-13(11(2)9-10)23-8-7-17-14(20)6-4-12-15(21)19-16(22)18-12/h3,5,9,12H,4,6-8H2,1-2H3,(H,17,20)(H2,18,19,21,22)/t12-/m0/s1. The number of hydrogen-bond acceptors (Lipinski definition) is 4. The van der Waals surface area contributed by atoms with E-state index in [9.17, 15) is 14.4 Å². The molecule has 0 radical (unpaired) electrons. The average Bonchev–Trinajstić information content (AvgIpc) is 2.81. The number of aryl methyl sites for hydroxylation is 2. The SMILES string of the molecule is Cc1ccc(OCCNC(=O)CC[C@@H]2NC(=O)NC2=O)c(C)c1. The highest BCUT2D eigenvalue weighted by atomic mass is 16.5. The highest BCUT2D eigenvalue weighted by Crippen LogP contribution is 2.18. The van der Waals surface area contributed by atoms with Crippen molar-refractivity contribution >= 4 is 17.8 Å². The second-order valence-corrected chi connectivity index (χ2v) is 5.52. The van der Waals surface area contributed by atoms with Crippen LogP contribution in [0.15, 0.2) is 18.2 Å². The van der Waals surface area contributed by atoms with Crippen LogP contribution in [0, 0.1) is 13.8 Å². The van der Waals surface area contributed by atoms with Gasteiger partial charge in [-0.25, -0.2) is 4.79 Å². The number of carbonyl (C=O) groups is 3. The lowest BCUT2D eigenvalue weighted by Crippen LogP contribution is -2.33. The Balaban J connectivity index is 1.63. The van der Waals surface area contributed by atoms with Crippen LogP contribution in [0.3, 0.4) is 0 Å². The van der Waals surface area contributed by atoms with Crippen molar-refractivity contribution in [1.82, 2.24) is 16.0 Å². The molecule has 1 fully saturated rings. The first kappa shape index (κ1) is 16.8. The van der Waals surface area contributed by atoms with Crippen LogP contribution in [-0.2, 0) is 9.59 Å². The number of amides is 4. The number of ether oxygens (including phenoxy) is 1. The minimum absolute atomic E-state index is 0.169. The fraction of sp³-hybridized carbons (Fsp3) is 0.438. The second-order valence-electron chi connectivity index (χ2n) is 5.52. The van der Waals surface area contributed by atoms with Gasteiger partial charge in [-0.1, -0.05) is 17.7 Å². The molecule has 7 heteroatoms. The van der Waals surface area contributed by atoms with Crippen LogP contribution in [0.5, 0.6) is 5.75 Å². The van der Waals surface area contributed by atoms with Gasteiger partial charge in [0.05, 0.1) is 6.54 Å². The van der Waals surface area contributed by atoms with Gasteiger partial charge in [-0.15, -0.1) is 0 Å². The summed E-state index contributed by atoms with van der Waals surface area (Å²) in [5.41, 5.74) is 2.23. The molecule has 2 rings (SSSR count). The van der Waals surface area contributed by atoms with Crippen molar-refractivity contribution in [1.29, 1.82) is 0 Å². The molecule has 23 heavy (non-hydrogen) atoms. The van der Waals surface area contributed by atoms with Crippen molar-refractivity contribution in [3.8, 4) is 5.75 Å². The van der Waals surface area contributed by atoms with Gasteiger partial charge < -0.3 is 15.4 Å². The molecule has 1 heterocycles. The molecule has 7 nitrogen and oxygen atoms in total. The molecule has 0 bridgehead atoms. The zero-order valence-electron chi connectivity index (χ0n) is 13.3. The van der Waals surface area contributed by atoms with E-state index in [1.54, 1.807) is 0 Å². The Hall–Kier alpha value is -2.57. The molecule has 1 aromatic carbocycles. The van der Waals surface area contributed by atoms with E-state index in [-0.39, 0.29) is 24.7 Å². The fourth-order valence-corrected chi connectivity index (χ4v) is 2.34. The van der Waals surface area contributed by atoms with E-state index in [0.29, 0.717) is 13.2 Å². The summed E-state index contributed by atoms with van der Waals surface area (Å²) < 4.78 is 5.62. The average molecular weight is 319 g/mol. The number of rotatable bonds is 7. The van der Waals surface area contributed by atoms with Gasteiger partial charge in [0, 0.05) is 6.42 Å². The van der Waals surface area contributed by atoms with Crippen LogP contribution in [0.4, 0.5) is 4.79 Å². The third kappa shape index (κ3) is 4.98. The summed E-state index contributed by atoms with van der Waals surface area (Å²) in [6.45, 7) is 4.75. The molecule has 0 unspecified atom stereocenters. The molecular formula is C16H21N3O4. The molecule has 0 aliphatic carbocycles. The number of imide groups is 1. The summed E-state index contributed by atoms with van der Waals surface area (Å²) in [5.74, 6) is 0.236. The molecule has 124 valence electrons. The van der Waals surface area contributed by atoms with Crippen molar-refractivity contribution in [2.45, 2.75) is 32.7 Å². The topological polar surface area (TPSA) is 96.5 Å². The molecule has 1 aliphatic heterocycles. The summed E-state index contributed by atoms with van der Waals surface area (Å²) in [6, 6.07) is 4.78. The van der Waals surface area contributed by atoms with Gasteiger partial charge in [0.2, 0.25) is 5.91 Å². The predicted octanol–water partition coefficient (Wildman–Crippen LogP) is 0.787. The lowest BCUT2D eigenvalue weighted by atomic mass is 10.1. The van der Waals surface area contributed by atoms with Gasteiger partial charge in [0.25, 0.3) is 5.91 Å². The maximum Gasteiger partial charge on any atom is 0.322 e. The molecular weight excluding hydrogens is 298 g/mol. The van der Waals surface area contributed by atoms with Crippen LogP contribution in [-0.4, -0.2) is 37.0 Å². The van der Waals surface area contributed by atoms with Gasteiger partial charge in [-0.3, -0.25) is 14.9 Å². The van der Waals surface area contributed by atoms with E-state index in [0.717, 1.165) is 11.3 Å². The minimum Gasteiger partial charge on any atom is -0.491 e.